The van der Waals surface area contributed by atoms with E-state index in [1.807, 2.05) is 30.3 Å². The zero-order chi connectivity index (χ0) is 15.4. The van der Waals surface area contributed by atoms with Crippen molar-refractivity contribution < 1.29 is 18.7 Å². The summed E-state index contributed by atoms with van der Waals surface area (Å²) in [6, 6.07) is 16.1. The lowest BCUT2D eigenvalue weighted by atomic mass is 10.1. The zero-order valence-corrected chi connectivity index (χ0v) is 11.6. The first-order valence-corrected chi connectivity index (χ1v) is 6.73. The third-order valence-corrected chi connectivity index (χ3v) is 3.17. The molecule has 22 heavy (non-hydrogen) atoms. The minimum atomic E-state index is -0.615. The second kappa shape index (κ2) is 6.13. The molecule has 0 fully saturated rings. The second-order valence-corrected chi connectivity index (χ2v) is 4.67. The molecule has 1 aromatic heterocycles. The second-order valence-electron chi connectivity index (χ2n) is 4.67. The predicted molar refractivity (Wildman–Crippen MR) is 80.9 cm³/mol. The van der Waals surface area contributed by atoms with Crippen molar-refractivity contribution in [3.8, 4) is 5.95 Å². The van der Waals surface area contributed by atoms with Gasteiger partial charge in [-0.25, -0.2) is 4.79 Å². The Morgan fingerprint density at radius 3 is 2.73 bits per heavy atom. The van der Waals surface area contributed by atoms with Crippen molar-refractivity contribution in [3.63, 3.8) is 0 Å². The fourth-order valence-electron chi connectivity index (χ4n) is 2.11. The molecular formula is C17H13NO4. The van der Waals surface area contributed by atoms with Crippen molar-refractivity contribution in [1.82, 2.24) is 5.32 Å². The summed E-state index contributed by atoms with van der Waals surface area (Å²) in [5, 5.41) is 3.24. The van der Waals surface area contributed by atoms with Gasteiger partial charge in [0.2, 0.25) is 0 Å². The molecule has 0 aliphatic carbocycles. The monoisotopic (exact) mass is 295 g/mol. The van der Waals surface area contributed by atoms with Crippen molar-refractivity contribution in [1.29, 1.82) is 0 Å². The van der Waals surface area contributed by atoms with Gasteiger partial charge in [-0.05, 0) is 11.6 Å². The molecular weight excluding hydrogens is 282 g/mol. The van der Waals surface area contributed by atoms with Crippen LogP contribution in [0.4, 0.5) is 4.79 Å². The summed E-state index contributed by atoms with van der Waals surface area (Å²) in [7, 11) is 0. The molecule has 0 unspecified atom stereocenters. The van der Waals surface area contributed by atoms with Crippen LogP contribution in [0.25, 0.3) is 11.0 Å². The molecule has 3 aromatic rings. The number of carbonyl (C=O) groups is 2. The summed E-state index contributed by atoms with van der Waals surface area (Å²) in [6.07, 6.45) is 0.118. The Bertz CT molecular complexity index is 808. The largest absolute Gasteiger partial charge is 0.425 e. The van der Waals surface area contributed by atoms with Gasteiger partial charge in [0.05, 0.1) is 0 Å². The van der Waals surface area contributed by atoms with Crippen LogP contribution < -0.4 is 10.1 Å². The van der Waals surface area contributed by atoms with Gasteiger partial charge in [-0.3, -0.25) is 4.79 Å². The third kappa shape index (κ3) is 2.98. The number of furan rings is 1. The molecule has 0 saturated carbocycles. The van der Waals surface area contributed by atoms with Crippen LogP contribution >= 0.6 is 0 Å². The molecule has 1 heterocycles. The van der Waals surface area contributed by atoms with E-state index in [-0.39, 0.29) is 5.95 Å². The number of fused-ring (bicyclic) bond motifs is 1. The first kappa shape index (κ1) is 13.9. The number of benzene rings is 2. The van der Waals surface area contributed by atoms with Gasteiger partial charge in [-0.15, -0.1) is 0 Å². The van der Waals surface area contributed by atoms with E-state index in [1.54, 1.807) is 18.2 Å². The average molecular weight is 295 g/mol. The van der Waals surface area contributed by atoms with Crippen molar-refractivity contribution in [2.75, 3.05) is 0 Å². The maximum atomic E-state index is 11.8. The summed E-state index contributed by atoms with van der Waals surface area (Å²) in [6.45, 7) is 0.361. The van der Waals surface area contributed by atoms with E-state index in [1.165, 1.54) is 6.07 Å². The minimum Gasteiger partial charge on any atom is -0.425 e. The Morgan fingerprint density at radius 1 is 1.14 bits per heavy atom. The summed E-state index contributed by atoms with van der Waals surface area (Å²) < 4.78 is 10.5. The fourth-order valence-corrected chi connectivity index (χ4v) is 2.11. The van der Waals surface area contributed by atoms with Crippen LogP contribution in [0.2, 0.25) is 0 Å². The Labute approximate surface area is 126 Å². The van der Waals surface area contributed by atoms with E-state index in [2.05, 4.69) is 5.32 Å². The van der Waals surface area contributed by atoms with E-state index in [0.29, 0.717) is 23.1 Å². The number of amides is 1. The minimum absolute atomic E-state index is 0.0508. The van der Waals surface area contributed by atoms with Crippen molar-refractivity contribution in [2.45, 2.75) is 6.54 Å². The van der Waals surface area contributed by atoms with Crippen molar-refractivity contribution >= 4 is 23.3 Å². The Balaban J connectivity index is 1.68. The standard InChI is InChI=1S/C17H13NO4/c19-11-13-7-4-8-15-14(13)9-16(21-15)22-17(20)18-10-12-5-2-1-3-6-12/h1-9,11H,10H2,(H,18,20). The Morgan fingerprint density at radius 2 is 1.95 bits per heavy atom. The molecule has 0 radical (unpaired) electrons. The lowest BCUT2D eigenvalue weighted by Crippen LogP contribution is -2.26. The molecule has 1 N–H and O–H groups in total. The molecule has 0 atom stereocenters. The summed E-state index contributed by atoms with van der Waals surface area (Å²) in [5.41, 5.74) is 1.95. The van der Waals surface area contributed by atoms with Gasteiger partial charge in [-0.2, -0.15) is 0 Å². The summed E-state index contributed by atoms with van der Waals surface area (Å²) in [4.78, 5) is 22.7. The smallest absolute Gasteiger partial charge is 0.415 e. The molecule has 0 aliphatic heterocycles. The molecule has 5 heteroatoms. The van der Waals surface area contributed by atoms with Gasteiger partial charge < -0.3 is 14.5 Å². The van der Waals surface area contributed by atoms with Gasteiger partial charge in [0, 0.05) is 23.6 Å². The van der Waals surface area contributed by atoms with Crippen LogP contribution in [0.15, 0.2) is 59.0 Å². The van der Waals surface area contributed by atoms with E-state index in [4.69, 9.17) is 9.15 Å². The number of carbonyl (C=O) groups excluding carboxylic acids is 2. The highest BCUT2D eigenvalue weighted by Gasteiger charge is 2.11. The number of hydrogen-bond acceptors (Lipinski definition) is 4. The maximum absolute atomic E-state index is 11.8. The van der Waals surface area contributed by atoms with Gasteiger partial charge in [0.25, 0.3) is 5.95 Å². The van der Waals surface area contributed by atoms with E-state index >= 15 is 0 Å². The molecule has 0 spiro atoms. The average Bonchev–Trinajstić information content (AvgIpc) is 2.96. The Hall–Kier alpha value is -3.08. The molecule has 110 valence electrons. The number of nitrogens with one attached hydrogen (secondary N) is 1. The molecule has 0 aliphatic rings. The SMILES string of the molecule is O=Cc1cccc2oc(OC(=O)NCc3ccccc3)cc12. The highest BCUT2D eigenvalue weighted by Crippen LogP contribution is 2.27. The van der Waals surface area contributed by atoms with Gasteiger partial charge in [0.15, 0.2) is 6.29 Å². The van der Waals surface area contributed by atoms with Crippen LogP contribution in [0.5, 0.6) is 5.95 Å². The number of aldehydes is 1. The van der Waals surface area contributed by atoms with Crippen molar-refractivity contribution in [2.24, 2.45) is 0 Å². The lowest BCUT2D eigenvalue weighted by molar-refractivity contribution is 0.112. The summed E-state index contributed by atoms with van der Waals surface area (Å²) in [5.74, 6) is 0.0508. The van der Waals surface area contributed by atoms with E-state index < -0.39 is 6.09 Å². The Kier molecular flexibility index (Phi) is 3.87. The maximum Gasteiger partial charge on any atom is 0.415 e. The molecule has 1 amide bonds. The number of hydrogen-bond donors (Lipinski definition) is 1. The molecule has 0 saturated heterocycles. The molecule has 0 bridgehead atoms. The summed E-state index contributed by atoms with van der Waals surface area (Å²) >= 11 is 0. The highest BCUT2D eigenvalue weighted by molar-refractivity contribution is 5.96. The first-order valence-electron chi connectivity index (χ1n) is 6.73. The van der Waals surface area contributed by atoms with E-state index in [9.17, 15) is 9.59 Å². The zero-order valence-electron chi connectivity index (χ0n) is 11.6. The highest BCUT2D eigenvalue weighted by atomic mass is 16.6. The van der Waals surface area contributed by atoms with Gasteiger partial charge >= 0.3 is 6.09 Å². The lowest BCUT2D eigenvalue weighted by Gasteiger charge is -2.04. The molecule has 3 rings (SSSR count). The van der Waals surface area contributed by atoms with Gasteiger partial charge in [-0.1, -0.05) is 42.5 Å². The molecule has 5 nitrogen and oxygen atoms in total. The molecule has 2 aromatic carbocycles. The quantitative estimate of drug-likeness (QED) is 0.747. The number of rotatable bonds is 4. The fraction of sp³-hybridized carbons (Fsp3) is 0.0588. The van der Waals surface area contributed by atoms with Crippen LogP contribution in [0.1, 0.15) is 15.9 Å². The van der Waals surface area contributed by atoms with Crippen LogP contribution in [-0.4, -0.2) is 12.4 Å². The van der Waals surface area contributed by atoms with E-state index in [0.717, 1.165) is 11.8 Å². The number of ether oxygens (including phenoxy) is 1. The predicted octanol–water partition coefficient (Wildman–Crippen LogP) is 3.53. The van der Waals surface area contributed by atoms with Crippen LogP contribution in [0.3, 0.4) is 0 Å². The van der Waals surface area contributed by atoms with Gasteiger partial charge in [0.1, 0.15) is 5.58 Å². The first-order chi connectivity index (χ1) is 10.8. The normalized spacial score (nSPS) is 10.4. The van der Waals surface area contributed by atoms with Crippen LogP contribution in [-0.2, 0) is 6.54 Å². The van der Waals surface area contributed by atoms with Crippen LogP contribution in [0, 0.1) is 0 Å². The topological polar surface area (TPSA) is 68.5 Å². The third-order valence-electron chi connectivity index (χ3n) is 3.17. The van der Waals surface area contributed by atoms with Crippen molar-refractivity contribution in [3.05, 3.63) is 65.7 Å².